The molecule has 0 aromatic heterocycles. The lowest BCUT2D eigenvalue weighted by molar-refractivity contribution is -0.115. The number of nitrogens with one attached hydrogen (secondary N) is 1. The number of hydrogen-bond acceptors (Lipinski definition) is 4. The maximum Gasteiger partial charge on any atom is 0.242 e. The molecular formula is C18H22N2O4S. The number of benzene rings is 2. The maximum atomic E-state index is 12.2. The van der Waals surface area contributed by atoms with Crippen molar-refractivity contribution in [3.05, 3.63) is 54.1 Å². The molecule has 0 saturated carbocycles. The molecule has 6 nitrogen and oxygen atoms in total. The number of para-hydroxylation sites is 2. The van der Waals surface area contributed by atoms with Crippen LogP contribution in [0.5, 0.6) is 5.75 Å². The summed E-state index contributed by atoms with van der Waals surface area (Å²) in [5.41, 5.74) is 1.34. The second-order valence-corrected chi connectivity index (χ2v) is 7.74. The van der Waals surface area contributed by atoms with Crippen LogP contribution in [0.3, 0.4) is 0 Å². The summed E-state index contributed by atoms with van der Waals surface area (Å²) in [7, 11) is -0.509. The largest absolute Gasteiger partial charge is 0.492 e. The van der Waals surface area contributed by atoms with Crippen molar-refractivity contribution in [1.82, 2.24) is 4.31 Å². The molecule has 0 spiro atoms. The molecule has 7 heteroatoms. The third kappa shape index (κ3) is 4.80. The van der Waals surface area contributed by atoms with Crippen LogP contribution in [-0.2, 0) is 21.2 Å². The molecule has 0 saturated heterocycles. The molecule has 25 heavy (non-hydrogen) atoms. The third-order valence-corrected chi connectivity index (χ3v) is 5.36. The highest BCUT2D eigenvalue weighted by molar-refractivity contribution is 7.89. The van der Waals surface area contributed by atoms with Gasteiger partial charge in [-0.3, -0.25) is 4.79 Å². The quantitative estimate of drug-likeness (QED) is 0.821. The van der Waals surface area contributed by atoms with Gasteiger partial charge in [-0.1, -0.05) is 24.3 Å². The molecule has 0 aliphatic heterocycles. The van der Waals surface area contributed by atoms with Crippen molar-refractivity contribution in [1.29, 1.82) is 0 Å². The normalized spacial score (nSPS) is 11.4. The molecule has 0 bridgehead atoms. The zero-order valence-corrected chi connectivity index (χ0v) is 15.3. The average Bonchev–Trinajstić information content (AvgIpc) is 2.57. The van der Waals surface area contributed by atoms with Crippen LogP contribution in [0.4, 0.5) is 5.69 Å². The second-order valence-electron chi connectivity index (χ2n) is 5.59. The van der Waals surface area contributed by atoms with E-state index in [1.54, 1.807) is 24.3 Å². The van der Waals surface area contributed by atoms with Gasteiger partial charge in [-0.05, 0) is 36.8 Å². The van der Waals surface area contributed by atoms with Gasteiger partial charge in [-0.15, -0.1) is 0 Å². The number of anilines is 1. The van der Waals surface area contributed by atoms with Crippen molar-refractivity contribution in [2.24, 2.45) is 0 Å². The molecule has 0 radical (unpaired) electrons. The summed E-state index contributed by atoms with van der Waals surface area (Å²) < 4.78 is 30.7. The summed E-state index contributed by atoms with van der Waals surface area (Å²) in [6, 6.07) is 13.5. The number of nitrogens with zero attached hydrogens (tertiary/aromatic N) is 1. The van der Waals surface area contributed by atoms with E-state index in [0.717, 1.165) is 9.87 Å². The zero-order chi connectivity index (χ0) is 18.4. The first-order chi connectivity index (χ1) is 11.8. The van der Waals surface area contributed by atoms with Gasteiger partial charge in [-0.2, -0.15) is 0 Å². The molecule has 0 atom stereocenters. The molecule has 1 amide bonds. The molecule has 134 valence electrons. The minimum atomic E-state index is -3.47. The minimum absolute atomic E-state index is 0.142. The Labute approximate surface area is 148 Å². The minimum Gasteiger partial charge on any atom is -0.492 e. The third-order valence-electron chi connectivity index (χ3n) is 3.53. The lowest BCUT2D eigenvalue weighted by atomic mass is 10.1. The van der Waals surface area contributed by atoms with Gasteiger partial charge in [-0.25, -0.2) is 12.7 Å². The standard InChI is InChI=1S/C18H22N2O4S/c1-4-24-17-8-6-5-7-16(17)19-18(21)13-14-9-11-15(12-10-14)25(22,23)20(2)3/h5-12H,4,13H2,1-3H3,(H,19,21). The lowest BCUT2D eigenvalue weighted by Crippen LogP contribution is -2.22. The number of hydrogen-bond donors (Lipinski definition) is 1. The van der Waals surface area contributed by atoms with Crippen LogP contribution in [0.1, 0.15) is 12.5 Å². The van der Waals surface area contributed by atoms with Crippen LogP contribution in [0.2, 0.25) is 0 Å². The second kappa shape index (κ2) is 8.13. The van der Waals surface area contributed by atoms with Crippen molar-refractivity contribution in [2.75, 3.05) is 26.0 Å². The van der Waals surface area contributed by atoms with E-state index in [4.69, 9.17) is 4.74 Å². The molecule has 1 N–H and O–H groups in total. The molecule has 0 unspecified atom stereocenters. The van der Waals surface area contributed by atoms with Crippen LogP contribution < -0.4 is 10.1 Å². The molecular weight excluding hydrogens is 340 g/mol. The summed E-state index contributed by atoms with van der Waals surface area (Å²) in [5.74, 6) is 0.418. The zero-order valence-electron chi connectivity index (χ0n) is 14.5. The summed E-state index contributed by atoms with van der Waals surface area (Å²) >= 11 is 0. The van der Waals surface area contributed by atoms with E-state index in [1.165, 1.54) is 26.2 Å². The predicted molar refractivity (Wildman–Crippen MR) is 97.3 cm³/mol. The number of ether oxygens (including phenoxy) is 1. The Morgan fingerprint density at radius 2 is 1.72 bits per heavy atom. The highest BCUT2D eigenvalue weighted by atomic mass is 32.2. The Morgan fingerprint density at radius 1 is 1.08 bits per heavy atom. The van der Waals surface area contributed by atoms with E-state index < -0.39 is 10.0 Å². The van der Waals surface area contributed by atoms with Gasteiger partial charge < -0.3 is 10.1 Å². The first kappa shape index (κ1) is 19.0. The number of rotatable bonds is 7. The molecule has 2 aromatic rings. The smallest absolute Gasteiger partial charge is 0.242 e. The first-order valence-electron chi connectivity index (χ1n) is 7.87. The molecule has 0 aliphatic carbocycles. The topological polar surface area (TPSA) is 75.7 Å². The van der Waals surface area contributed by atoms with Crippen molar-refractivity contribution in [3.63, 3.8) is 0 Å². The van der Waals surface area contributed by atoms with Gasteiger partial charge in [0.1, 0.15) is 5.75 Å². The number of carbonyl (C=O) groups excluding carboxylic acids is 1. The van der Waals surface area contributed by atoms with Crippen molar-refractivity contribution < 1.29 is 17.9 Å². The first-order valence-corrected chi connectivity index (χ1v) is 9.31. The number of carbonyl (C=O) groups is 1. The lowest BCUT2D eigenvalue weighted by Gasteiger charge is -2.12. The maximum absolute atomic E-state index is 12.2. The average molecular weight is 362 g/mol. The number of sulfonamides is 1. The fourth-order valence-electron chi connectivity index (χ4n) is 2.22. The van der Waals surface area contributed by atoms with Gasteiger partial charge in [0.15, 0.2) is 0 Å². The van der Waals surface area contributed by atoms with E-state index in [-0.39, 0.29) is 17.2 Å². The Morgan fingerprint density at radius 3 is 2.32 bits per heavy atom. The Bertz CT molecular complexity index is 830. The molecule has 0 heterocycles. The van der Waals surface area contributed by atoms with Gasteiger partial charge >= 0.3 is 0 Å². The molecule has 0 fully saturated rings. The van der Waals surface area contributed by atoms with Gasteiger partial charge in [0, 0.05) is 14.1 Å². The van der Waals surface area contributed by atoms with E-state index >= 15 is 0 Å². The summed E-state index contributed by atoms with van der Waals surface area (Å²) in [5, 5.41) is 2.82. The summed E-state index contributed by atoms with van der Waals surface area (Å²) in [6.07, 6.45) is 0.142. The van der Waals surface area contributed by atoms with E-state index in [1.807, 2.05) is 19.1 Å². The van der Waals surface area contributed by atoms with E-state index in [0.29, 0.717) is 18.0 Å². The molecule has 0 aliphatic rings. The van der Waals surface area contributed by atoms with Crippen LogP contribution in [0.15, 0.2) is 53.4 Å². The van der Waals surface area contributed by atoms with E-state index in [2.05, 4.69) is 5.32 Å². The van der Waals surface area contributed by atoms with Gasteiger partial charge in [0.25, 0.3) is 0 Å². The molecule has 2 aromatic carbocycles. The van der Waals surface area contributed by atoms with Crippen molar-refractivity contribution in [3.8, 4) is 5.75 Å². The van der Waals surface area contributed by atoms with Gasteiger partial charge in [0.05, 0.1) is 23.6 Å². The summed E-state index contributed by atoms with van der Waals surface area (Å²) in [6.45, 7) is 2.39. The fourth-order valence-corrected chi connectivity index (χ4v) is 3.12. The van der Waals surface area contributed by atoms with Crippen molar-refractivity contribution in [2.45, 2.75) is 18.2 Å². The van der Waals surface area contributed by atoms with Gasteiger partial charge in [0.2, 0.25) is 15.9 Å². The van der Waals surface area contributed by atoms with Crippen LogP contribution in [-0.4, -0.2) is 39.3 Å². The fraction of sp³-hybridized carbons (Fsp3) is 0.278. The highest BCUT2D eigenvalue weighted by Gasteiger charge is 2.17. The SMILES string of the molecule is CCOc1ccccc1NC(=O)Cc1ccc(S(=O)(=O)N(C)C)cc1. The Balaban J connectivity index is 2.07. The summed E-state index contributed by atoms with van der Waals surface area (Å²) in [4.78, 5) is 12.4. The number of amides is 1. The molecule has 2 rings (SSSR count). The van der Waals surface area contributed by atoms with Crippen LogP contribution in [0, 0.1) is 0 Å². The van der Waals surface area contributed by atoms with Crippen LogP contribution >= 0.6 is 0 Å². The van der Waals surface area contributed by atoms with E-state index in [9.17, 15) is 13.2 Å². The Hall–Kier alpha value is -2.38. The predicted octanol–water partition coefficient (Wildman–Crippen LogP) is 2.52. The van der Waals surface area contributed by atoms with Crippen molar-refractivity contribution >= 4 is 21.6 Å². The Kier molecular flexibility index (Phi) is 6.17. The highest BCUT2D eigenvalue weighted by Crippen LogP contribution is 2.24. The monoisotopic (exact) mass is 362 g/mol. The van der Waals surface area contributed by atoms with Crippen LogP contribution in [0.25, 0.3) is 0 Å².